The third-order valence-electron chi connectivity index (χ3n) is 5.88. The third-order valence-corrected chi connectivity index (χ3v) is 5.88. The molecule has 3 N–H and O–H groups in total. The molecule has 2 aromatic heterocycles. The fourth-order valence-electron chi connectivity index (χ4n) is 4.37. The summed E-state index contributed by atoms with van der Waals surface area (Å²) < 4.78 is 6.62. The van der Waals surface area contributed by atoms with Gasteiger partial charge >= 0.3 is 5.97 Å². The van der Waals surface area contributed by atoms with Crippen molar-refractivity contribution in [1.29, 1.82) is 0 Å². The maximum absolute atomic E-state index is 13.1. The minimum absolute atomic E-state index is 0.116. The Kier molecular flexibility index (Phi) is 3.96. The van der Waals surface area contributed by atoms with Crippen molar-refractivity contribution in [3.8, 4) is 11.4 Å². The summed E-state index contributed by atoms with van der Waals surface area (Å²) in [7, 11) is 0. The molecule has 0 spiro atoms. The number of esters is 1. The number of aliphatic hydroxyl groups excluding tert-OH is 1. The minimum atomic E-state index is -1.44. The molecule has 0 saturated heterocycles. The average Bonchev–Trinajstić information content (AvgIpc) is 3.07. The summed E-state index contributed by atoms with van der Waals surface area (Å²) in [4.78, 5) is 29.7. The molecule has 4 heterocycles. The second-order valence-corrected chi connectivity index (χ2v) is 7.66. The summed E-state index contributed by atoms with van der Waals surface area (Å²) in [6.07, 6.45) is 1.49. The van der Waals surface area contributed by atoms with E-state index >= 15 is 0 Å². The highest BCUT2D eigenvalue weighted by atomic mass is 16.5. The number of ether oxygens (including phenoxy) is 1. The van der Waals surface area contributed by atoms with Crippen LogP contribution in [0, 0.1) is 0 Å². The maximum atomic E-state index is 13.1. The summed E-state index contributed by atoms with van der Waals surface area (Å²) in [6, 6.07) is 7.37. The number of aromatic nitrogens is 2. The number of rotatable bonds is 3. The SMILES string of the molecule is CCCCc1c2c(nc3ccc(N)cc13)-c1cc3c(c(=O)n1C2)COC(=O)[C@H]3O. The van der Waals surface area contributed by atoms with Crippen molar-refractivity contribution in [3.05, 3.63) is 56.9 Å². The second kappa shape index (κ2) is 6.42. The van der Waals surface area contributed by atoms with Crippen molar-refractivity contribution in [1.82, 2.24) is 9.55 Å². The van der Waals surface area contributed by atoms with Crippen LogP contribution in [-0.4, -0.2) is 20.6 Å². The number of carbonyl (C=O) groups is 1. The van der Waals surface area contributed by atoms with Gasteiger partial charge in [-0.15, -0.1) is 0 Å². The monoisotopic (exact) mass is 391 g/mol. The van der Waals surface area contributed by atoms with E-state index in [1.54, 1.807) is 10.6 Å². The number of nitrogen functional groups attached to an aromatic ring is 1. The maximum Gasteiger partial charge on any atom is 0.340 e. The summed E-state index contributed by atoms with van der Waals surface area (Å²) in [5, 5.41) is 11.3. The largest absolute Gasteiger partial charge is 0.458 e. The molecular formula is C22H21N3O4. The molecule has 3 aromatic rings. The highest BCUT2D eigenvalue weighted by Crippen LogP contribution is 2.38. The summed E-state index contributed by atoms with van der Waals surface area (Å²) in [5.74, 6) is -0.731. The normalized spacial score (nSPS) is 17.0. The Morgan fingerprint density at radius 3 is 2.90 bits per heavy atom. The molecule has 2 aliphatic rings. The molecule has 0 bridgehead atoms. The summed E-state index contributed by atoms with van der Waals surface area (Å²) in [5.41, 5.74) is 11.5. The van der Waals surface area contributed by atoms with Crippen LogP contribution >= 0.6 is 0 Å². The molecule has 0 saturated carbocycles. The molecule has 0 amide bonds. The topological polar surface area (TPSA) is 107 Å². The average molecular weight is 391 g/mol. The lowest BCUT2D eigenvalue weighted by Crippen LogP contribution is -2.32. The molecule has 7 heteroatoms. The number of nitrogens with two attached hydrogens (primary N) is 1. The number of fused-ring (bicyclic) bond motifs is 5. The molecule has 148 valence electrons. The molecule has 0 aliphatic carbocycles. The Balaban J connectivity index is 1.79. The molecule has 2 aliphatic heterocycles. The fraction of sp³-hybridized carbons (Fsp3) is 0.318. The van der Waals surface area contributed by atoms with Crippen LogP contribution in [0.15, 0.2) is 29.1 Å². The summed E-state index contributed by atoms with van der Waals surface area (Å²) in [6.45, 7) is 2.44. The first-order valence-electron chi connectivity index (χ1n) is 9.82. The standard InChI is InChI=1S/C22H21N3O4/c1-2-3-4-12-13-7-11(23)5-6-17(13)24-19-15(12)9-25-18(19)8-14-16(21(25)27)10-29-22(28)20(14)26/h5-8,20,26H,2-4,9-10,23H2,1H3/t20-/m0/s1. The van der Waals surface area contributed by atoms with Crippen LogP contribution in [0.2, 0.25) is 0 Å². The van der Waals surface area contributed by atoms with E-state index in [0.29, 0.717) is 29.1 Å². The number of pyridine rings is 2. The highest BCUT2D eigenvalue weighted by molar-refractivity contribution is 5.90. The number of aryl methyl sites for hydroxylation is 1. The zero-order valence-electron chi connectivity index (χ0n) is 16.1. The predicted molar refractivity (Wildman–Crippen MR) is 108 cm³/mol. The number of nitrogens with zero attached hydrogens (tertiary/aromatic N) is 2. The lowest BCUT2D eigenvalue weighted by molar-refractivity contribution is -0.157. The zero-order valence-corrected chi connectivity index (χ0v) is 16.1. The lowest BCUT2D eigenvalue weighted by atomic mass is 9.95. The quantitative estimate of drug-likeness (QED) is 0.410. The first kappa shape index (κ1) is 17.9. The third kappa shape index (κ3) is 2.57. The summed E-state index contributed by atoms with van der Waals surface area (Å²) >= 11 is 0. The Bertz CT molecular complexity index is 1250. The fourth-order valence-corrected chi connectivity index (χ4v) is 4.37. The van der Waals surface area contributed by atoms with Gasteiger partial charge in [0.05, 0.1) is 29.0 Å². The van der Waals surface area contributed by atoms with E-state index in [1.807, 2.05) is 18.2 Å². The van der Waals surface area contributed by atoms with Gasteiger partial charge < -0.3 is 20.1 Å². The smallest absolute Gasteiger partial charge is 0.340 e. The van der Waals surface area contributed by atoms with Crippen molar-refractivity contribution < 1.29 is 14.6 Å². The Morgan fingerprint density at radius 2 is 2.10 bits per heavy atom. The van der Waals surface area contributed by atoms with E-state index in [-0.39, 0.29) is 12.2 Å². The number of unbranched alkanes of at least 4 members (excludes halogenated alkanes) is 1. The van der Waals surface area contributed by atoms with Crippen molar-refractivity contribution in [2.45, 2.75) is 45.4 Å². The predicted octanol–water partition coefficient (Wildman–Crippen LogP) is 2.44. The molecule has 29 heavy (non-hydrogen) atoms. The van der Waals surface area contributed by atoms with Gasteiger partial charge in [-0.25, -0.2) is 9.78 Å². The van der Waals surface area contributed by atoms with Gasteiger partial charge in [-0.05, 0) is 42.7 Å². The van der Waals surface area contributed by atoms with Crippen molar-refractivity contribution in [2.24, 2.45) is 0 Å². The molecule has 0 radical (unpaired) electrons. The van der Waals surface area contributed by atoms with Crippen LogP contribution in [0.25, 0.3) is 22.3 Å². The van der Waals surface area contributed by atoms with Crippen molar-refractivity contribution >= 4 is 22.6 Å². The molecule has 1 atom stereocenters. The molecular weight excluding hydrogens is 370 g/mol. The van der Waals surface area contributed by atoms with Gasteiger partial charge in [-0.2, -0.15) is 0 Å². The van der Waals surface area contributed by atoms with E-state index in [0.717, 1.165) is 47.0 Å². The Hall–Kier alpha value is -3.19. The van der Waals surface area contributed by atoms with Gasteiger partial charge in [0.25, 0.3) is 5.56 Å². The lowest BCUT2D eigenvalue weighted by Gasteiger charge is -2.21. The first-order valence-corrected chi connectivity index (χ1v) is 9.82. The number of cyclic esters (lactones) is 1. The van der Waals surface area contributed by atoms with E-state index in [9.17, 15) is 14.7 Å². The van der Waals surface area contributed by atoms with Crippen LogP contribution in [0.4, 0.5) is 5.69 Å². The van der Waals surface area contributed by atoms with E-state index < -0.39 is 12.1 Å². The van der Waals surface area contributed by atoms with Crippen LogP contribution in [0.5, 0.6) is 0 Å². The molecule has 7 nitrogen and oxygen atoms in total. The Morgan fingerprint density at radius 1 is 1.28 bits per heavy atom. The van der Waals surface area contributed by atoms with Gasteiger partial charge in [0.1, 0.15) is 6.61 Å². The first-order chi connectivity index (χ1) is 14.0. The van der Waals surface area contributed by atoms with Crippen molar-refractivity contribution in [3.63, 3.8) is 0 Å². The van der Waals surface area contributed by atoms with Gasteiger partial charge in [-0.3, -0.25) is 4.79 Å². The van der Waals surface area contributed by atoms with Crippen LogP contribution < -0.4 is 11.3 Å². The van der Waals surface area contributed by atoms with Crippen LogP contribution in [-0.2, 0) is 29.1 Å². The number of carbonyl (C=O) groups excluding carboxylic acids is 1. The van der Waals surface area contributed by atoms with Gasteiger partial charge in [-0.1, -0.05) is 13.3 Å². The number of aliphatic hydroxyl groups is 1. The van der Waals surface area contributed by atoms with Gasteiger partial charge in [0.15, 0.2) is 6.10 Å². The molecule has 1 aromatic carbocycles. The van der Waals surface area contributed by atoms with Crippen LogP contribution in [0.1, 0.15) is 48.1 Å². The molecule has 0 fully saturated rings. The van der Waals surface area contributed by atoms with Gasteiger partial charge in [0.2, 0.25) is 0 Å². The minimum Gasteiger partial charge on any atom is -0.458 e. The zero-order chi connectivity index (χ0) is 20.3. The number of benzene rings is 1. The molecule has 0 unspecified atom stereocenters. The highest BCUT2D eigenvalue weighted by Gasteiger charge is 2.34. The van der Waals surface area contributed by atoms with E-state index in [4.69, 9.17) is 15.5 Å². The van der Waals surface area contributed by atoms with Gasteiger partial charge in [0, 0.05) is 22.2 Å². The van der Waals surface area contributed by atoms with Crippen LogP contribution in [0.3, 0.4) is 0 Å². The Labute approximate surface area is 166 Å². The van der Waals surface area contributed by atoms with Crippen molar-refractivity contribution in [2.75, 3.05) is 5.73 Å². The number of hydrogen-bond donors (Lipinski definition) is 2. The number of anilines is 1. The van der Waals surface area contributed by atoms with E-state index in [1.165, 1.54) is 0 Å². The number of hydrogen-bond acceptors (Lipinski definition) is 6. The van der Waals surface area contributed by atoms with E-state index in [2.05, 4.69) is 6.92 Å². The molecule has 5 rings (SSSR count). The second-order valence-electron chi connectivity index (χ2n) is 7.66.